The van der Waals surface area contributed by atoms with Gasteiger partial charge in [0, 0.05) is 18.0 Å². The van der Waals surface area contributed by atoms with Gasteiger partial charge in [-0.15, -0.1) is 11.3 Å². The Balaban J connectivity index is 1.46. The molecule has 1 amide bonds. The van der Waals surface area contributed by atoms with Crippen LogP contribution in [0.5, 0.6) is 0 Å². The number of thiophene rings is 1. The molecule has 118 valence electrons. The number of benzene rings is 1. The Morgan fingerprint density at radius 1 is 1.26 bits per heavy atom. The van der Waals surface area contributed by atoms with Gasteiger partial charge in [0.2, 0.25) is 17.6 Å². The fourth-order valence-electron chi connectivity index (χ4n) is 2.02. The van der Waals surface area contributed by atoms with Crippen molar-refractivity contribution in [2.75, 3.05) is 6.54 Å². The lowest BCUT2D eigenvalue weighted by Crippen LogP contribution is -2.27. The van der Waals surface area contributed by atoms with Gasteiger partial charge < -0.3 is 9.84 Å². The van der Waals surface area contributed by atoms with Crippen molar-refractivity contribution in [3.8, 4) is 10.7 Å². The number of hydrogen-bond acceptors (Lipinski definition) is 5. The molecule has 0 aliphatic carbocycles. The van der Waals surface area contributed by atoms with Gasteiger partial charge in [0.05, 0.1) is 11.3 Å². The monoisotopic (exact) mass is 347 g/mol. The second-order valence-electron chi connectivity index (χ2n) is 4.89. The number of nitrogens with zero attached hydrogens (tertiary/aromatic N) is 2. The van der Waals surface area contributed by atoms with Gasteiger partial charge in [-0.05, 0) is 29.1 Å². The summed E-state index contributed by atoms with van der Waals surface area (Å²) in [4.78, 5) is 17.1. The third-order valence-electron chi connectivity index (χ3n) is 3.15. The molecule has 2 aromatic heterocycles. The number of halogens is 1. The SMILES string of the molecule is O=C(Cc1ccc(Cl)cc1)NCCc1nc(-c2cccs2)no1. The molecule has 3 aromatic rings. The number of hydrogen-bond donors (Lipinski definition) is 1. The Morgan fingerprint density at radius 3 is 2.83 bits per heavy atom. The zero-order chi connectivity index (χ0) is 16.1. The first-order valence-electron chi connectivity index (χ1n) is 7.08. The predicted molar refractivity (Wildman–Crippen MR) is 89.5 cm³/mol. The average molecular weight is 348 g/mol. The van der Waals surface area contributed by atoms with Gasteiger partial charge >= 0.3 is 0 Å². The summed E-state index contributed by atoms with van der Waals surface area (Å²) in [6.45, 7) is 0.457. The number of rotatable bonds is 6. The lowest BCUT2D eigenvalue weighted by atomic mass is 10.1. The van der Waals surface area contributed by atoms with Gasteiger partial charge in [-0.3, -0.25) is 4.79 Å². The molecule has 2 heterocycles. The van der Waals surface area contributed by atoms with E-state index in [2.05, 4.69) is 15.5 Å². The van der Waals surface area contributed by atoms with Crippen LogP contribution < -0.4 is 5.32 Å². The molecule has 5 nitrogen and oxygen atoms in total. The number of nitrogens with one attached hydrogen (secondary N) is 1. The fourth-order valence-corrected chi connectivity index (χ4v) is 2.80. The molecule has 0 aliphatic rings. The van der Waals surface area contributed by atoms with Crippen molar-refractivity contribution in [2.45, 2.75) is 12.8 Å². The number of aromatic nitrogens is 2. The van der Waals surface area contributed by atoms with Crippen LogP contribution in [0, 0.1) is 0 Å². The fraction of sp³-hybridized carbons (Fsp3) is 0.188. The van der Waals surface area contributed by atoms with Crippen LogP contribution >= 0.6 is 22.9 Å². The predicted octanol–water partition coefficient (Wildman–Crippen LogP) is 3.35. The summed E-state index contributed by atoms with van der Waals surface area (Å²) in [5, 5.41) is 9.39. The lowest BCUT2D eigenvalue weighted by Gasteiger charge is -2.03. The van der Waals surface area contributed by atoms with Crippen LogP contribution in [-0.4, -0.2) is 22.6 Å². The van der Waals surface area contributed by atoms with Gasteiger partial charge in [0.25, 0.3) is 0 Å². The minimum Gasteiger partial charge on any atom is -0.355 e. The van der Waals surface area contributed by atoms with Gasteiger partial charge in [-0.2, -0.15) is 4.98 Å². The zero-order valence-corrected chi connectivity index (χ0v) is 13.7. The molecular weight excluding hydrogens is 334 g/mol. The molecule has 23 heavy (non-hydrogen) atoms. The molecule has 0 fully saturated rings. The Morgan fingerprint density at radius 2 is 2.09 bits per heavy atom. The molecule has 0 radical (unpaired) electrons. The van der Waals surface area contributed by atoms with E-state index in [1.807, 2.05) is 29.6 Å². The molecule has 0 bridgehead atoms. The third kappa shape index (κ3) is 4.40. The highest BCUT2D eigenvalue weighted by Gasteiger charge is 2.10. The summed E-state index contributed by atoms with van der Waals surface area (Å²) in [5.41, 5.74) is 0.921. The second kappa shape index (κ2) is 7.39. The number of amides is 1. The largest absolute Gasteiger partial charge is 0.355 e. The minimum absolute atomic E-state index is 0.0506. The summed E-state index contributed by atoms with van der Waals surface area (Å²) in [6.07, 6.45) is 0.826. The van der Waals surface area contributed by atoms with Gasteiger partial charge in [-0.25, -0.2) is 0 Å². The van der Waals surface area contributed by atoms with Gasteiger partial charge in [0.15, 0.2) is 0 Å². The quantitative estimate of drug-likeness (QED) is 0.742. The standard InChI is InChI=1S/C16H14ClN3O2S/c17-12-5-3-11(4-6-12)10-14(21)18-8-7-15-19-16(20-22-15)13-2-1-9-23-13/h1-6,9H,7-8,10H2,(H,18,21). The molecule has 0 spiro atoms. The van der Waals surface area contributed by atoms with E-state index in [0.29, 0.717) is 36.1 Å². The minimum atomic E-state index is -0.0506. The Hall–Kier alpha value is -2.18. The first kappa shape index (κ1) is 15.7. The summed E-state index contributed by atoms with van der Waals surface area (Å²) >= 11 is 7.37. The van der Waals surface area contributed by atoms with Crippen LogP contribution in [-0.2, 0) is 17.6 Å². The van der Waals surface area contributed by atoms with E-state index in [9.17, 15) is 4.79 Å². The van der Waals surface area contributed by atoms with Crippen LogP contribution in [0.15, 0.2) is 46.3 Å². The van der Waals surface area contributed by atoms with Crippen molar-refractivity contribution >= 4 is 28.8 Å². The number of carbonyl (C=O) groups is 1. The Labute approximate surface area is 142 Å². The van der Waals surface area contributed by atoms with E-state index >= 15 is 0 Å². The van der Waals surface area contributed by atoms with Crippen molar-refractivity contribution < 1.29 is 9.32 Å². The highest BCUT2D eigenvalue weighted by molar-refractivity contribution is 7.13. The van der Waals surface area contributed by atoms with Crippen LogP contribution in [0.4, 0.5) is 0 Å². The van der Waals surface area contributed by atoms with Crippen molar-refractivity contribution in [1.29, 1.82) is 0 Å². The zero-order valence-electron chi connectivity index (χ0n) is 12.2. The maximum atomic E-state index is 11.9. The summed E-state index contributed by atoms with van der Waals surface area (Å²) in [7, 11) is 0. The average Bonchev–Trinajstić information content (AvgIpc) is 3.20. The van der Waals surface area contributed by atoms with Crippen molar-refractivity contribution in [3.63, 3.8) is 0 Å². The van der Waals surface area contributed by atoms with Crippen LogP contribution in [0.1, 0.15) is 11.5 Å². The Kier molecular flexibility index (Phi) is 5.05. The molecular formula is C16H14ClN3O2S. The van der Waals surface area contributed by atoms with E-state index in [-0.39, 0.29) is 5.91 Å². The highest BCUT2D eigenvalue weighted by atomic mass is 35.5. The molecule has 1 aromatic carbocycles. The second-order valence-corrected chi connectivity index (χ2v) is 6.28. The topological polar surface area (TPSA) is 68.0 Å². The van der Waals surface area contributed by atoms with Crippen LogP contribution in [0.25, 0.3) is 10.7 Å². The summed E-state index contributed by atoms with van der Waals surface area (Å²) in [6, 6.07) is 11.1. The summed E-state index contributed by atoms with van der Waals surface area (Å²) in [5.74, 6) is 1.05. The first-order chi connectivity index (χ1) is 11.2. The Bertz CT molecular complexity index is 769. The molecule has 7 heteroatoms. The van der Waals surface area contributed by atoms with Crippen LogP contribution in [0.3, 0.4) is 0 Å². The van der Waals surface area contributed by atoms with E-state index < -0.39 is 0 Å². The molecule has 0 saturated carbocycles. The van der Waals surface area contributed by atoms with Crippen molar-refractivity contribution in [3.05, 3.63) is 58.3 Å². The van der Waals surface area contributed by atoms with Gasteiger partial charge in [-0.1, -0.05) is 35.0 Å². The molecule has 3 rings (SSSR count). The maximum Gasteiger partial charge on any atom is 0.228 e. The number of carbonyl (C=O) groups excluding carboxylic acids is 1. The van der Waals surface area contributed by atoms with Crippen molar-refractivity contribution in [2.24, 2.45) is 0 Å². The van der Waals surface area contributed by atoms with Crippen LogP contribution in [0.2, 0.25) is 5.02 Å². The normalized spacial score (nSPS) is 10.7. The summed E-state index contributed by atoms with van der Waals surface area (Å²) < 4.78 is 5.18. The highest BCUT2D eigenvalue weighted by Crippen LogP contribution is 2.21. The molecule has 0 aliphatic heterocycles. The molecule has 0 unspecified atom stereocenters. The first-order valence-corrected chi connectivity index (χ1v) is 8.34. The third-order valence-corrected chi connectivity index (χ3v) is 4.27. The van der Waals surface area contributed by atoms with E-state index in [1.165, 1.54) is 0 Å². The van der Waals surface area contributed by atoms with E-state index in [1.54, 1.807) is 23.5 Å². The lowest BCUT2D eigenvalue weighted by molar-refractivity contribution is -0.120. The van der Waals surface area contributed by atoms with E-state index in [4.69, 9.17) is 16.1 Å². The molecule has 1 N–H and O–H groups in total. The maximum absolute atomic E-state index is 11.9. The molecule has 0 atom stereocenters. The van der Waals surface area contributed by atoms with E-state index in [0.717, 1.165) is 10.4 Å². The molecule has 0 saturated heterocycles. The smallest absolute Gasteiger partial charge is 0.228 e. The van der Waals surface area contributed by atoms with Crippen molar-refractivity contribution in [1.82, 2.24) is 15.5 Å². The van der Waals surface area contributed by atoms with Gasteiger partial charge in [0.1, 0.15) is 0 Å².